The van der Waals surface area contributed by atoms with E-state index in [1.807, 2.05) is 18.2 Å². The molecule has 0 fully saturated rings. The normalized spacial score (nSPS) is 11.4. The van der Waals surface area contributed by atoms with E-state index in [1.54, 1.807) is 7.11 Å². The zero-order chi connectivity index (χ0) is 11.1. The molecule has 0 aliphatic heterocycles. The summed E-state index contributed by atoms with van der Waals surface area (Å²) in [7, 11) is 1.58. The summed E-state index contributed by atoms with van der Waals surface area (Å²) in [5.74, 6) is 0.628. The van der Waals surface area contributed by atoms with Crippen LogP contribution in [-0.2, 0) is 11.2 Å². The van der Waals surface area contributed by atoms with Crippen LogP contribution >= 0.6 is 12.4 Å². The largest absolute Gasteiger partial charge is 0.484 e. The van der Waals surface area contributed by atoms with Gasteiger partial charge in [-0.05, 0) is 18.4 Å². The molecule has 1 aromatic carbocycles. The van der Waals surface area contributed by atoms with Crippen molar-refractivity contribution >= 4 is 18.3 Å². The minimum absolute atomic E-state index is 0. The highest BCUT2D eigenvalue weighted by molar-refractivity contribution is 5.85. The Balaban J connectivity index is 0.00000225. The van der Waals surface area contributed by atoms with Crippen molar-refractivity contribution in [3.63, 3.8) is 0 Å². The predicted octanol–water partition coefficient (Wildman–Crippen LogP) is 3.69. The lowest BCUT2D eigenvalue weighted by Gasteiger charge is -2.15. The standard InChI is InChI=1S/C13H19NO.ClH/c1-3-7-12(13(14)15-2)10-11-8-5-4-6-9-11;/h4-6,8-9,12,14H,3,7,10H2,1-2H3;1H/t12-;/m1./s1. The summed E-state index contributed by atoms with van der Waals surface area (Å²) >= 11 is 0. The summed E-state index contributed by atoms with van der Waals surface area (Å²) in [5, 5.41) is 7.73. The second-order valence-corrected chi connectivity index (χ2v) is 3.74. The van der Waals surface area contributed by atoms with Gasteiger partial charge < -0.3 is 4.74 Å². The Labute approximate surface area is 104 Å². The molecule has 0 radical (unpaired) electrons. The monoisotopic (exact) mass is 241 g/mol. The summed E-state index contributed by atoms with van der Waals surface area (Å²) in [6.45, 7) is 2.14. The van der Waals surface area contributed by atoms with Crippen molar-refractivity contribution in [3.8, 4) is 0 Å². The molecule has 1 rings (SSSR count). The van der Waals surface area contributed by atoms with E-state index in [0.717, 1.165) is 19.3 Å². The molecule has 1 atom stereocenters. The molecule has 90 valence electrons. The van der Waals surface area contributed by atoms with Crippen molar-refractivity contribution in [2.45, 2.75) is 26.2 Å². The first-order valence-electron chi connectivity index (χ1n) is 5.44. The van der Waals surface area contributed by atoms with Gasteiger partial charge in [0.2, 0.25) is 0 Å². The Kier molecular flexibility index (Phi) is 7.65. The molecule has 0 saturated heterocycles. The third-order valence-electron chi connectivity index (χ3n) is 2.55. The molecule has 1 aromatic rings. The lowest BCUT2D eigenvalue weighted by atomic mass is 9.95. The minimum Gasteiger partial charge on any atom is -0.484 e. The van der Waals surface area contributed by atoms with Gasteiger partial charge in [-0.3, -0.25) is 5.41 Å². The van der Waals surface area contributed by atoms with E-state index in [2.05, 4.69) is 19.1 Å². The smallest absolute Gasteiger partial charge is 0.183 e. The average Bonchev–Trinajstić information content (AvgIpc) is 2.29. The van der Waals surface area contributed by atoms with Crippen LogP contribution in [0.1, 0.15) is 25.3 Å². The Morgan fingerprint density at radius 3 is 2.44 bits per heavy atom. The van der Waals surface area contributed by atoms with Gasteiger partial charge in [-0.25, -0.2) is 0 Å². The molecule has 16 heavy (non-hydrogen) atoms. The van der Waals surface area contributed by atoms with Crippen LogP contribution in [0.2, 0.25) is 0 Å². The first-order valence-corrected chi connectivity index (χ1v) is 5.44. The van der Waals surface area contributed by atoms with Gasteiger partial charge in [0.15, 0.2) is 5.90 Å². The second kappa shape index (κ2) is 8.17. The van der Waals surface area contributed by atoms with E-state index in [4.69, 9.17) is 10.1 Å². The molecule has 3 heteroatoms. The molecule has 0 aromatic heterocycles. The number of ether oxygens (including phenoxy) is 1. The summed E-state index contributed by atoms with van der Waals surface area (Å²) in [5.41, 5.74) is 1.28. The van der Waals surface area contributed by atoms with Gasteiger partial charge in [0.05, 0.1) is 7.11 Å². The molecular weight excluding hydrogens is 222 g/mol. The maximum absolute atomic E-state index is 7.73. The molecular formula is C13H20ClNO. The van der Waals surface area contributed by atoms with Gasteiger partial charge >= 0.3 is 0 Å². The lowest BCUT2D eigenvalue weighted by Crippen LogP contribution is -2.17. The number of nitrogens with one attached hydrogen (secondary N) is 1. The van der Waals surface area contributed by atoms with Gasteiger partial charge in [0.1, 0.15) is 0 Å². The summed E-state index contributed by atoms with van der Waals surface area (Å²) in [6, 6.07) is 10.3. The van der Waals surface area contributed by atoms with Gasteiger partial charge in [-0.2, -0.15) is 0 Å². The van der Waals surface area contributed by atoms with Crippen LogP contribution in [0, 0.1) is 11.3 Å². The Morgan fingerprint density at radius 2 is 1.94 bits per heavy atom. The van der Waals surface area contributed by atoms with E-state index < -0.39 is 0 Å². The van der Waals surface area contributed by atoms with E-state index >= 15 is 0 Å². The van der Waals surface area contributed by atoms with Crippen molar-refractivity contribution in [1.29, 1.82) is 5.41 Å². The van der Waals surface area contributed by atoms with E-state index in [0.29, 0.717) is 5.90 Å². The number of hydrogen-bond acceptors (Lipinski definition) is 2. The zero-order valence-electron chi connectivity index (χ0n) is 9.90. The zero-order valence-corrected chi connectivity index (χ0v) is 10.7. The molecule has 0 aliphatic carbocycles. The SMILES string of the molecule is CCC[C@H](Cc1ccccc1)C(=N)OC.Cl. The first-order chi connectivity index (χ1) is 7.27. The topological polar surface area (TPSA) is 33.1 Å². The van der Waals surface area contributed by atoms with E-state index in [-0.39, 0.29) is 18.3 Å². The molecule has 0 amide bonds. The van der Waals surface area contributed by atoms with Gasteiger partial charge in [-0.1, -0.05) is 43.7 Å². The van der Waals surface area contributed by atoms with Crippen LogP contribution in [0.15, 0.2) is 30.3 Å². The van der Waals surface area contributed by atoms with Crippen LogP contribution in [0.4, 0.5) is 0 Å². The fraction of sp³-hybridized carbons (Fsp3) is 0.462. The third kappa shape index (κ3) is 4.67. The number of benzene rings is 1. The maximum atomic E-state index is 7.73. The van der Waals surface area contributed by atoms with Crippen LogP contribution in [0.25, 0.3) is 0 Å². The molecule has 0 unspecified atom stereocenters. The Hall–Kier alpha value is -1.02. The molecule has 0 aliphatic rings. The van der Waals surface area contributed by atoms with Crippen LogP contribution < -0.4 is 0 Å². The summed E-state index contributed by atoms with van der Waals surface area (Å²) in [4.78, 5) is 0. The van der Waals surface area contributed by atoms with Crippen LogP contribution in [0.3, 0.4) is 0 Å². The highest BCUT2D eigenvalue weighted by atomic mass is 35.5. The van der Waals surface area contributed by atoms with Gasteiger partial charge in [-0.15, -0.1) is 12.4 Å². The number of methoxy groups -OCH3 is 1. The third-order valence-corrected chi connectivity index (χ3v) is 2.55. The Morgan fingerprint density at radius 1 is 1.31 bits per heavy atom. The van der Waals surface area contributed by atoms with E-state index in [1.165, 1.54) is 5.56 Å². The minimum atomic E-state index is 0. The molecule has 0 heterocycles. The number of halogens is 1. The van der Waals surface area contributed by atoms with Gasteiger partial charge in [0, 0.05) is 5.92 Å². The average molecular weight is 242 g/mol. The van der Waals surface area contributed by atoms with Crippen LogP contribution in [0.5, 0.6) is 0 Å². The molecule has 1 N–H and O–H groups in total. The van der Waals surface area contributed by atoms with Crippen molar-refractivity contribution in [2.24, 2.45) is 5.92 Å². The molecule has 0 bridgehead atoms. The van der Waals surface area contributed by atoms with Crippen molar-refractivity contribution in [3.05, 3.63) is 35.9 Å². The highest BCUT2D eigenvalue weighted by Gasteiger charge is 2.14. The van der Waals surface area contributed by atoms with Crippen molar-refractivity contribution in [2.75, 3.05) is 7.11 Å². The fourth-order valence-electron chi connectivity index (χ4n) is 1.74. The highest BCUT2D eigenvalue weighted by Crippen LogP contribution is 2.15. The lowest BCUT2D eigenvalue weighted by molar-refractivity contribution is 0.352. The predicted molar refractivity (Wildman–Crippen MR) is 70.5 cm³/mol. The molecule has 2 nitrogen and oxygen atoms in total. The number of rotatable bonds is 5. The van der Waals surface area contributed by atoms with Crippen molar-refractivity contribution < 1.29 is 4.74 Å². The van der Waals surface area contributed by atoms with Gasteiger partial charge in [0.25, 0.3) is 0 Å². The fourth-order valence-corrected chi connectivity index (χ4v) is 1.74. The van der Waals surface area contributed by atoms with Crippen LogP contribution in [-0.4, -0.2) is 13.0 Å². The van der Waals surface area contributed by atoms with E-state index in [9.17, 15) is 0 Å². The molecule has 0 spiro atoms. The van der Waals surface area contributed by atoms with Crippen molar-refractivity contribution in [1.82, 2.24) is 0 Å². The number of hydrogen-bond donors (Lipinski definition) is 1. The summed E-state index contributed by atoms with van der Waals surface area (Å²) in [6.07, 6.45) is 3.01. The first kappa shape index (κ1) is 15.0. The maximum Gasteiger partial charge on any atom is 0.183 e. The Bertz CT molecular complexity index is 300. The molecule has 0 saturated carbocycles. The quantitative estimate of drug-likeness (QED) is 0.619. The second-order valence-electron chi connectivity index (χ2n) is 3.74. The summed E-state index contributed by atoms with van der Waals surface area (Å²) < 4.78 is 5.02.